The molecule has 3 aromatic heterocycles. The highest BCUT2D eigenvalue weighted by atomic mass is 32.5. The molecule has 5 heterocycles. The van der Waals surface area contributed by atoms with Gasteiger partial charge in [-0.2, -0.15) is 4.98 Å². The fourth-order valence-electron chi connectivity index (χ4n) is 5.02. The summed E-state index contributed by atoms with van der Waals surface area (Å²) in [6.07, 6.45) is -2.34. The van der Waals surface area contributed by atoms with Crippen LogP contribution in [0, 0.1) is 5.92 Å². The van der Waals surface area contributed by atoms with E-state index in [9.17, 15) is 24.3 Å². The number of anilines is 1. The van der Waals surface area contributed by atoms with E-state index in [1.165, 1.54) is 23.4 Å². The molecule has 0 radical (unpaired) electrons. The van der Waals surface area contributed by atoms with Gasteiger partial charge in [0.2, 0.25) is 11.8 Å². The normalized spacial score (nSPS) is 38.1. The number of hydrogen-bond donors (Lipinski definition) is 5. The molecule has 9 atom stereocenters. The standard InChI is InChI=1S/C20H25N7O11P2S/c21-20-25-17-14(18(29)26-20)24-8-27(17)19-16-15(28)12(36-19)6-34-40(32,41)37-11-4-10(35-13-1-2-22-7-23-13)3-9(11)5-33-39(30,31)38-16/h1-2,7-12,15-16,19,28H,3-6H2,(H,30,31)(H,32,41)(H3,21,25,26,29)/t9-,10-,11+,12-,15-,16-,19-,40?/m1/s1. The van der Waals surface area contributed by atoms with Gasteiger partial charge in [0.1, 0.15) is 30.7 Å². The van der Waals surface area contributed by atoms with Gasteiger partial charge in [-0.25, -0.2) is 19.5 Å². The Morgan fingerprint density at radius 2 is 2.00 bits per heavy atom. The zero-order valence-corrected chi connectivity index (χ0v) is 23.5. The third-order valence-corrected chi connectivity index (χ3v) is 9.42. The van der Waals surface area contributed by atoms with Gasteiger partial charge in [0.25, 0.3) is 5.56 Å². The highest BCUT2D eigenvalue weighted by Gasteiger charge is 2.51. The van der Waals surface area contributed by atoms with Crippen LogP contribution in [0.3, 0.4) is 0 Å². The van der Waals surface area contributed by atoms with Crippen molar-refractivity contribution in [1.82, 2.24) is 29.5 Å². The van der Waals surface area contributed by atoms with Crippen LogP contribution < -0.4 is 16.0 Å². The second-order valence-electron chi connectivity index (χ2n) is 9.59. The summed E-state index contributed by atoms with van der Waals surface area (Å²) in [5.74, 6) is -0.463. The van der Waals surface area contributed by atoms with E-state index in [1.54, 1.807) is 6.07 Å². The van der Waals surface area contributed by atoms with Crippen LogP contribution in [0.25, 0.3) is 11.2 Å². The lowest BCUT2D eigenvalue weighted by Gasteiger charge is -2.26. The summed E-state index contributed by atoms with van der Waals surface area (Å²) in [5.41, 5.74) is 4.91. The number of aliphatic hydroxyl groups excluding tert-OH is 1. The molecule has 1 saturated carbocycles. The molecule has 6 N–H and O–H groups in total. The van der Waals surface area contributed by atoms with Crippen LogP contribution in [0.4, 0.5) is 5.95 Å². The van der Waals surface area contributed by atoms with Gasteiger partial charge in [-0.1, -0.05) is 0 Å². The molecule has 18 nitrogen and oxygen atoms in total. The molecular weight excluding hydrogens is 608 g/mol. The number of fused-ring (bicyclic) bond motifs is 4. The van der Waals surface area contributed by atoms with Crippen LogP contribution in [0.1, 0.15) is 19.1 Å². The third kappa shape index (κ3) is 6.07. The summed E-state index contributed by atoms with van der Waals surface area (Å²) in [7, 11) is -4.85. The minimum atomic E-state index is -4.85. The smallest absolute Gasteiger partial charge is 0.472 e. The number of ether oxygens (including phenoxy) is 2. The number of H-pyrrole nitrogens is 1. The van der Waals surface area contributed by atoms with Gasteiger partial charge in [-0.15, -0.1) is 0 Å². The van der Waals surface area contributed by atoms with Crippen molar-refractivity contribution in [3.8, 4) is 5.88 Å². The number of rotatable bonds is 3. The van der Waals surface area contributed by atoms with Crippen molar-refractivity contribution in [3.63, 3.8) is 0 Å². The second kappa shape index (κ2) is 11.0. The lowest BCUT2D eigenvalue weighted by molar-refractivity contribution is -0.0532. The summed E-state index contributed by atoms with van der Waals surface area (Å²) in [6.45, 7) is -4.73. The Balaban J connectivity index is 1.28. The molecule has 3 aliphatic rings. The predicted octanol–water partition coefficient (Wildman–Crippen LogP) is -0.258. The van der Waals surface area contributed by atoms with Crippen molar-refractivity contribution >= 4 is 43.5 Å². The van der Waals surface area contributed by atoms with E-state index < -0.39 is 69.4 Å². The highest BCUT2D eigenvalue weighted by molar-refractivity contribution is 8.07. The largest absolute Gasteiger partial charge is 0.474 e. The fraction of sp³-hybridized carbons (Fsp3) is 0.550. The van der Waals surface area contributed by atoms with Gasteiger partial charge >= 0.3 is 14.5 Å². The monoisotopic (exact) mass is 633 g/mol. The summed E-state index contributed by atoms with van der Waals surface area (Å²) in [6, 6.07) is 1.57. The van der Waals surface area contributed by atoms with E-state index in [0.717, 1.165) is 0 Å². The minimum absolute atomic E-state index is 0.0347. The van der Waals surface area contributed by atoms with Gasteiger partial charge in [0.05, 0.1) is 25.6 Å². The predicted molar refractivity (Wildman–Crippen MR) is 140 cm³/mol. The number of nitrogens with two attached hydrogens (primary N) is 1. The van der Waals surface area contributed by atoms with Crippen molar-refractivity contribution in [1.29, 1.82) is 0 Å². The number of imidazole rings is 1. The first-order chi connectivity index (χ1) is 19.5. The minimum Gasteiger partial charge on any atom is -0.474 e. The Bertz CT molecular complexity index is 1580. The van der Waals surface area contributed by atoms with Crippen LogP contribution in [-0.4, -0.2) is 88.1 Å². The third-order valence-electron chi connectivity index (χ3n) is 6.84. The first kappa shape index (κ1) is 28.7. The molecule has 3 fully saturated rings. The van der Waals surface area contributed by atoms with Gasteiger partial charge in [-0.05, 0) is 18.2 Å². The van der Waals surface area contributed by atoms with E-state index in [2.05, 4.69) is 24.9 Å². The van der Waals surface area contributed by atoms with Crippen LogP contribution in [-0.2, 0) is 39.2 Å². The average molecular weight is 633 g/mol. The SMILES string of the molecule is Nc1nc2c(ncn2[C@@H]2O[C@@H]3COP(O)(=S)O[C@H]4C[C@H](Oc5ccncn5)C[C@@H]4COP(=O)(O)O[C@@H]2[C@@H]3O)c(=O)[nH]1. The Kier molecular flexibility index (Phi) is 7.71. The van der Waals surface area contributed by atoms with Crippen molar-refractivity contribution in [2.24, 2.45) is 5.92 Å². The number of aromatic nitrogens is 6. The maximum absolute atomic E-state index is 13.1. The van der Waals surface area contributed by atoms with Crippen LogP contribution >= 0.6 is 14.5 Å². The number of aliphatic hydroxyl groups is 1. The van der Waals surface area contributed by atoms with Crippen molar-refractivity contribution < 1.29 is 47.0 Å². The van der Waals surface area contributed by atoms with Crippen molar-refractivity contribution in [2.75, 3.05) is 18.9 Å². The number of aromatic amines is 1. The lowest BCUT2D eigenvalue weighted by atomic mass is 10.1. The van der Waals surface area contributed by atoms with Crippen LogP contribution in [0.2, 0.25) is 0 Å². The van der Waals surface area contributed by atoms with Crippen molar-refractivity contribution in [2.45, 2.75) is 49.6 Å². The summed E-state index contributed by atoms with van der Waals surface area (Å²) < 4.78 is 48.1. The summed E-state index contributed by atoms with van der Waals surface area (Å²) in [4.78, 5) is 52.0. The van der Waals surface area contributed by atoms with Gasteiger partial charge in [0.15, 0.2) is 17.4 Å². The molecule has 21 heteroatoms. The maximum atomic E-state index is 13.1. The molecular formula is C20H25N7O11P2S. The first-order valence-corrected chi connectivity index (χ1v) is 16.4. The number of nitrogen functional groups attached to an aromatic ring is 1. The Morgan fingerprint density at radius 3 is 2.78 bits per heavy atom. The van der Waals surface area contributed by atoms with E-state index in [0.29, 0.717) is 12.3 Å². The molecule has 2 saturated heterocycles. The zero-order chi connectivity index (χ0) is 28.9. The molecule has 2 bridgehead atoms. The van der Waals surface area contributed by atoms with E-state index in [-0.39, 0.29) is 30.1 Å². The number of phosphoric acid groups is 1. The number of hydrogen-bond acceptors (Lipinski definition) is 15. The van der Waals surface area contributed by atoms with Gasteiger partial charge < -0.3 is 39.1 Å². The van der Waals surface area contributed by atoms with Gasteiger partial charge in [-0.3, -0.25) is 23.4 Å². The van der Waals surface area contributed by atoms with Crippen molar-refractivity contribution in [3.05, 3.63) is 35.3 Å². The molecule has 0 aromatic carbocycles. The van der Waals surface area contributed by atoms with E-state index in [4.69, 9.17) is 45.1 Å². The Hall–Kier alpha value is -2.41. The molecule has 1 aliphatic carbocycles. The molecule has 2 aliphatic heterocycles. The Morgan fingerprint density at radius 1 is 1.17 bits per heavy atom. The molecule has 41 heavy (non-hydrogen) atoms. The average Bonchev–Trinajstić information content (AvgIpc) is 3.57. The number of nitrogens with one attached hydrogen (secondary N) is 1. The van der Waals surface area contributed by atoms with Gasteiger partial charge in [0, 0.05) is 24.6 Å². The fourth-order valence-corrected chi connectivity index (χ4v) is 7.51. The van der Waals surface area contributed by atoms with Crippen LogP contribution in [0.15, 0.2) is 29.7 Å². The molecule has 0 spiro atoms. The lowest BCUT2D eigenvalue weighted by Crippen LogP contribution is -2.35. The van der Waals surface area contributed by atoms with E-state index >= 15 is 0 Å². The molecule has 222 valence electrons. The molecule has 2 unspecified atom stereocenters. The number of nitrogens with zero attached hydrogens (tertiary/aromatic N) is 5. The summed E-state index contributed by atoms with van der Waals surface area (Å²) >= 11 is 5.22. The van der Waals surface area contributed by atoms with E-state index in [1.807, 2.05) is 0 Å². The van der Waals surface area contributed by atoms with Crippen LogP contribution in [0.5, 0.6) is 5.88 Å². The zero-order valence-electron chi connectivity index (χ0n) is 20.9. The molecule has 3 aromatic rings. The highest BCUT2D eigenvalue weighted by Crippen LogP contribution is 2.54. The first-order valence-electron chi connectivity index (χ1n) is 12.3. The quantitative estimate of drug-likeness (QED) is 0.233. The molecule has 6 rings (SSSR count). The number of phosphoric ester groups is 1. The summed E-state index contributed by atoms with van der Waals surface area (Å²) in [5, 5.41) is 11.0. The topological polar surface area (TPSA) is 249 Å². The molecule has 0 amide bonds. The maximum Gasteiger partial charge on any atom is 0.472 e. The Labute approximate surface area is 235 Å². The second-order valence-corrected chi connectivity index (χ2v) is 13.8.